The van der Waals surface area contributed by atoms with E-state index in [1.54, 1.807) is 24.3 Å². The lowest BCUT2D eigenvalue weighted by Crippen LogP contribution is -2.37. The molecule has 0 aromatic heterocycles. The van der Waals surface area contributed by atoms with Gasteiger partial charge in [0.2, 0.25) is 0 Å². The number of nitriles is 1. The topological polar surface area (TPSA) is 76.7 Å². The standard InChI is InChI=1S/C14H20N2O3/c1-2-16(6-7-17)10-13(18)11-19-14-5-3-4-12(8-14)9-15/h3-5,8,13,17-18H,2,6-7,10-11H2,1H3. The molecule has 0 saturated carbocycles. The molecule has 0 aliphatic carbocycles. The Bertz CT molecular complexity index is 417. The molecule has 1 unspecified atom stereocenters. The Balaban J connectivity index is 2.40. The van der Waals surface area contributed by atoms with Gasteiger partial charge in [0, 0.05) is 13.1 Å². The predicted molar refractivity (Wildman–Crippen MR) is 71.9 cm³/mol. The van der Waals surface area contributed by atoms with Crippen molar-refractivity contribution in [2.24, 2.45) is 0 Å². The van der Waals surface area contributed by atoms with Crippen LogP contribution in [0.15, 0.2) is 24.3 Å². The van der Waals surface area contributed by atoms with Crippen LogP contribution in [0, 0.1) is 11.3 Å². The van der Waals surface area contributed by atoms with Crippen molar-refractivity contribution >= 4 is 0 Å². The second-order valence-electron chi connectivity index (χ2n) is 4.22. The zero-order valence-electron chi connectivity index (χ0n) is 11.1. The molecule has 1 rings (SSSR count). The number of likely N-dealkylation sites (N-methyl/N-ethyl adjacent to an activating group) is 1. The van der Waals surface area contributed by atoms with E-state index in [-0.39, 0.29) is 13.2 Å². The first kappa shape index (κ1) is 15.4. The van der Waals surface area contributed by atoms with Crippen molar-refractivity contribution in [1.29, 1.82) is 5.26 Å². The van der Waals surface area contributed by atoms with Gasteiger partial charge in [-0.15, -0.1) is 0 Å². The highest BCUT2D eigenvalue weighted by molar-refractivity contribution is 5.36. The average Bonchev–Trinajstić information content (AvgIpc) is 2.45. The van der Waals surface area contributed by atoms with Crippen LogP contribution in [0.4, 0.5) is 0 Å². The first-order chi connectivity index (χ1) is 9.19. The maximum Gasteiger partial charge on any atom is 0.120 e. The van der Waals surface area contributed by atoms with Crippen LogP contribution in [-0.2, 0) is 0 Å². The predicted octanol–water partition coefficient (Wildman–Crippen LogP) is 0.612. The van der Waals surface area contributed by atoms with Gasteiger partial charge in [-0.1, -0.05) is 13.0 Å². The Morgan fingerprint density at radius 1 is 1.47 bits per heavy atom. The van der Waals surface area contributed by atoms with Gasteiger partial charge in [-0.3, -0.25) is 4.90 Å². The van der Waals surface area contributed by atoms with E-state index in [0.29, 0.717) is 24.4 Å². The molecule has 5 nitrogen and oxygen atoms in total. The third-order valence-electron chi connectivity index (χ3n) is 2.74. The summed E-state index contributed by atoms with van der Waals surface area (Å²) in [6.07, 6.45) is -0.628. The van der Waals surface area contributed by atoms with Crippen molar-refractivity contribution < 1.29 is 14.9 Å². The van der Waals surface area contributed by atoms with Gasteiger partial charge in [-0.2, -0.15) is 5.26 Å². The largest absolute Gasteiger partial charge is 0.491 e. The molecule has 1 atom stereocenters. The quantitative estimate of drug-likeness (QED) is 0.719. The first-order valence-corrected chi connectivity index (χ1v) is 6.33. The van der Waals surface area contributed by atoms with Gasteiger partial charge in [0.15, 0.2) is 0 Å². The average molecular weight is 264 g/mol. The van der Waals surface area contributed by atoms with Crippen molar-refractivity contribution in [1.82, 2.24) is 4.90 Å². The molecule has 5 heteroatoms. The number of hydrogen-bond donors (Lipinski definition) is 2. The lowest BCUT2D eigenvalue weighted by atomic mass is 10.2. The number of ether oxygens (including phenoxy) is 1. The summed E-state index contributed by atoms with van der Waals surface area (Å²) in [4.78, 5) is 1.94. The zero-order chi connectivity index (χ0) is 14.1. The molecule has 1 aromatic carbocycles. The summed E-state index contributed by atoms with van der Waals surface area (Å²) in [5.41, 5.74) is 0.530. The van der Waals surface area contributed by atoms with Crippen molar-refractivity contribution in [3.05, 3.63) is 29.8 Å². The number of aliphatic hydroxyl groups excluding tert-OH is 2. The highest BCUT2D eigenvalue weighted by Gasteiger charge is 2.10. The second kappa shape index (κ2) is 8.48. The van der Waals surface area contributed by atoms with E-state index in [9.17, 15) is 5.11 Å². The van der Waals surface area contributed by atoms with Crippen molar-refractivity contribution in [3.8, 4) is 11.8 Å². The molecule has 0 spiro atoms. The summed E-state index contributed by atoms with van der Waals surface area (Å²) in [5, 5.41) is 27.5. The van der Waals surface area contributed by atoms with Gasteiger partial charge >= 0.3 is 0 Å². The Kier molecular flexibility index (Phi) is 6.90. The van der Waals surface area contributed by atoms with E-state index in [4.69, 9.17) is 15.1 Å². The lowest BCUT2D eigenvalue weighted by molar-refractivity contribution is 0.0638. The third kappa shape index (κ3) is 5.71. The first-order valence-electron chi connectivity index (χ1n) is 6.33. The normalized spacial score (nSPS) is 12.2. The summed E-state index contributed by atoms with van der Waals surface area (Å²) in [7, 11) is 0. The minimum atomic E-state index is -0.628. The highest BCUT2D eigenvalue weighted by Crippen LogP contribution is 2.12. The van der Waals surface area contributed by atoms with E-state index in [2.05, 4.69) is 0 Å². The number of aliphatic hydroxyl groups is 2. The fourth-order valence-electron chi connectivity index (χ4n) is 1.72. The molecule has 2 N–H and O–H groups in total. The molecular formula is C14H20N2O3. The van der Waals surface area contributed by atoms with Crippen LogP contribution in [0.5, 0.6) is 5.75 Å². The highest BCUT2D eigenvalue weighted by atomic mass is 16.5. The summed E-state index contributed by atoms with van der Waals surface area (Å²) < 4.78 is 5.44. The van der Waals surface area contributed by atoms with Crippen LogP contribution >= 0.6 is 0 Å². The Morgan fingerprint density at radius 3 is 2.89 bits per heavy atom. The van der Waals surface area contributed by atoms with Crippen LogP contribution in [0.3, 0.4) is 0 Å². The van der Waals surface area contributed by atoms with E-state index in [1.807, 2.05) is 17.9 Å². The molecule has 0 bridgehead atoms. The third-order valence-corrected chi connectivity index (χ3v) is 2.74. The summed E-state index contributed by atoms with van der Waals surface area (Å²) in [5.74, 6) is 0.573. The second-order valence-corrected chi connectivity index (χ2v) is 4.22. The van der Waals surface area contributed by atoms with Crippen molar-refractivity contribution in [2.75, 3.05) is 32.8 Å². The number of nitrogens with zero attached hydrogens (tertiary/aromatic N) is 2. The molecular weight excluding hydrogens is 244 g/mol. The lowest BCUT2D eigenvalue weighted by Gasteiger charge is -2.22. The Morgan fingerprint density at radius 2 is 2.26 bits per heavy atom. The minimum Gasteiger partial charge on any atom is -0.491 e. The molecule has 0 heterocycles. The maximum absolute atomic E-state index is 9.85. The Hall–Kier alpha value is -1.61. The van der Waals surface area contributed by atoms with Crippen LogP contribution in [0.25, 0.3) is 0 Å². The molecule has 0 aliphatic rings. The van der Waals surface area contributed by atoms with Crippen LogP contribution in [-0.4, -0.2) is 54.1 Å². The van der Waals surface area contributed by atoms with E-state index >= 15 is 0 Å². The monoisotopic (exact) mass is 264 g/mol. The number of rotatable bonds is 8. The summed E-state index contributed by atoms with van der Waals surface area (Å²) >= 11 is 0. The van der Waals surface area contributed by atoms with Gasteiger partial charge in [0.25, 0.3) is 0 Å². The van der Waals surface area contributed by atoms with Gasteiger partial charge in [-0.25, -0.2) is 0 Å². The molecule has 0 radical (unpaired) electrons. The molecule has 19 heavy (non-hydrogen) atoms. The number of hydrogen-bond acceptors (Lipinski definition) is 5. The molecule has 0 aliphatic heterocycles. The van der Waals surface area contributed by atoms with Crippen molar-refractivity contribution in [2.45, 2.75) is 13.0 Å². The SMILES string of the molecule is CCN(CCO)CC(O)COc1cccc(C#N)c1. The maximum atomic E-state index is 9.85. The van der Waals surface area contributed by atoms with Crippen LogP contribution in [0.1, 0.15) is 12.5 Å². The zero-order valence-corrected chi connectivity index (χ0v) is 11.1. The van der Waals surface area contributed by atoms with Gasteiger partial charge in [0.1, 0.15) is 18.5 Å². The molecule has 0 amide bonds. The molecule has 0 saturated heterocycles. The molecule has 1 aromatic rings. The fraction of sp³-hybridized carbons (Fsp3) is 0.500. The van der Waals surface area contributed by atoms with Gasteiger partial charge in [0.05, 0.1) is 18.2 Å². The van der Waals surface area contributed by atoms with Crippen LogP contribution < -0.4 is 4.74 Å². The van der Waals surface area contributed by atoms with E-state index in [1.165, 1.54) is 0 Å². The smallest absolute Gasteiger partial charge is 0.120 e. The summed E-state index contributed by atoms with van der Waals surface area (Å²) in [6.45, 7) is 3.97. The van der Waals surface area contributed by atoms with E-state index in [0.717, 1.165) is 6.54 Å². The molecule has 104 valence electrons. The Labute approximate surface area is 113 Å². The van der Waals surface area contributed by atoms with E-state index < -0.39 is 6.10 Å². The number of benzene rings is 1. The van der Waals surface area contributed by atoms with Crippen LogP contribution in [0.2, 0.25) is 0 Å². The minimum absolute atomic E-state index is 0.0750. The van der Waals surface area contributed by atoms with Crippen molar-refractivity contribution in [3.63, 3.8) is 0 Å². The van der Waals surface area contributed by atoms with Gasteiger partial charge < -0.3 is 14.9 Å². The summed E-state index contributed by atoms with van der Waals surface area (Å²) in [6, 6.07) is 8.86. The molecule has 0 fully saturated rings. The van der Waals surface area contributed by atoms with Gasteiger partial charge in [-0.05, 0) is 24.7 Å². The fourth-order valence-corrected chi connectivity index (χ4v) is 1.72.